The van der Waals surface area contributed by atoms with Crippen molar-refractivity contribution in [2.45, 2.75) is 13.8 Å². The Hall–Kier alpha value is -1.25. The van der Waals surface area contributed by atoms with E-state index >= 15 is 0 Å². The highest BCUT2D eigenvalue weighted by molar-refractivity contribution is 5.69. The van der Waals surface area contributed by atoms with Crippen LogP contribution in [0, 0.1) is 5.41 Å². The van der Waals surface area contributed by atoms with Gasteiger partial charge in [0.15, 0.2) is 0 Å². The highest BCUT2D eigenvalue weighted by atomic mass is 16.5. The molecule has 0 atom stereocenters. The summed E-state index contributed by atoms with van der Waals surface area (Å²) in [7, 11) is 0. The van der Waals surface area contributed by atoms with Gasteiger partial charge in [-0.2, -0.15) is 0 Å². The maximum absolute atomic E-state index is 5.42. The molecule has 0 aromatic heterocycles. The Labute approximate surface area is 78.2 Å². The predicted molar refractivity (Wildman–Crippen MR) is 52.4 cm³/mol. The topological polar surface area (TPSA) is 33.6 Å². The van der Waals surface area contributed by atoms with Gasteiger partial charge in [0.25, 0.3) is 0 Å². The average Bonchev–Trinajstić information content (AvgIpc) is 2.27. The summed E-state index contributed by atoms with van der Waals surface area (Å²) in [5, 5.41) is 3.25. The number of aliphatic imine (C=N–C) groups is 1. The second-order valence-corrected chi connectivity index (χ2v) is 3.91. The Kier molecular flexibility index (Phi) is 1.87. The molecule has 0 radical (unpaired) electrons. The zero-order chi connectivity index (χ0) is 9.31. The number of hydrogen-bond acceptors (Lipinski definition) is 3. The summed E-state index contributed by atoms with van der Waals surface area (Å²) in [6, 6.07) is 0. The number of nitrogens with one attached hydrogen (secondary N) is 1. The number of hydrogen-bond donors (Lipinski definition) is 1. The fourth-order valence-corrected chi connectivity index (χ4v) is 1.29. The first kappa shape index (κ1) is 8.35. The molecule has 2 rings (SSSR count). The van der Waals surface area contributed by atoms with Gasteiger partial charge in [-0.3, -0.25) is 0 Å². The predicted octanol–water partition coefficient (Wildman–Crippen LogP) is 1.44. The monoisotopic (exact) mass is 178 g/mol. The molecule has 0 saturated heterocycles. The van der Waals surface area contributed by atoms with E-state index in [0.717, 1.165) is 12.2 Å². The molecular formula is C10H14N2O. The second-order valence-electron chi connectivity index (χ2n) is 3.91. The van der Waals surface area contributed by atoms with E-state index in [-0.39, 0.29) is 5.41 Å². The first-order valence-corrected chi connectivity index (χ1v) is 4.53. The van der Waals surface area contributed by atoms with Crippen LogP contribution in [-0.2, 0) is 4.74 Å². The zero-order valence-corrected chi connectivity index (χ0v) is 8.00. The quantitative estimate of drug-likeness (QED) is 0.609. The lowest BCUT2D eigenvalue weighted by Gasteiger charge is -2.16. The van der Waals surface area contributed by atoms with Gasteiger partial charge >= 0.3 is 0 Å². The summed E-state index contributed by atoms with van der Waals surface area (Å²) >= 11 is 0. The van der Waals surface area contributed by atoms with Gasteiger partial charge in [0.05, 0.1) is 5.70 Å². The molecule has 0 unspecified atom stereocenters. The van der Waals surface area contributed by atoms with E-state index in [4.69, 9.17) is 4.74 Å². The molecule has 0 aromatic rings. The third kappa shape index (κ3) is 1.74. The first-order valence-electron chi connectivity index (χ1n) is 4.53. The van der Waals surface area contributed by atoms with Gasteiger partial charge in [0.1, 0.15) is 6.61 Å². The van der Waals surface area contributed by atoms with Gasteiger partial charge in [-0.1, -0.05) is 19.9 Å². The molecule has 0 fully saturated rings. The van der Waals surface area contributed by atoms with E-state index in [9.17, 15) is 0 Å². The number of rotatable bonds is 0. The van der Waals surface area contributed by atoms with Gasteiger partial charge in [-0.05, 0) is 6.08 Å². The highest BCUT2D eigenvalue weighted by Crippen LogP contribution is 2.22. The number of allylic oxidation sites excluding steroid dienone is 2. The second kappa shape index (κ2) is 2.91. The van der Waals surface area contributed by atoms with E-state index in [1.165, 1.54) is 0 Å². The molecule has 70 valence electrons. The molecule has 2 aliphatic heterocycles. The number of ether oxygens (including phenoxy) is 1. The molecule has 0 spiro atoms. The molecule has 0 bridgehead atoms. The van der Waals surface area contributed by atoms with E-state index in [0.29, 0.717) is 12.5 Å². The van der Waals surface area contributed by atoms with Crippen LogP contribution < -0.4 is 5.32 Å². The van der Waals surface area contributed by atoms with E-state index < -0.39 is 0 Å². The zero-order valence-electron chi connectivity index (χ0n) is 8.00. The fraction of sp³-hybridized carbons (Fsp3) is 0.500. The van der Waals surface area contributed by atoms with Crippen LogP contribution in [0.25, 0.3) is 0 Å². The molecule has 0 saturated carbocycles. The van der Waals surface area contributed by atoms with Crippen molar-refractivity contribution in [1.29, 1.82) is 0 Å². The average molecular weight is 178 g/mol. The minimum absolute atomic E-state index is 0.0162. The smallest absolute Gasteiger partial charge is 0.237 e. The summed E-state index contributed by atoms with van der Waals surface area (Å²) in [5.41, 5.74) is 1.01. The maximum atomic E-state index is 5.42. The summed E-state index contributed by atoms with van der Waals surface area (Å²) in [4.78, 5) is 4.31. The van der Waals surface area contributed by atoms with Crippen LogP contribution in [0.5, 0.6) is 0 Å². The molecule has 0 aromatic carbocycles. The van der Waals surface area contributed by atoms with Crippen LogP contribution in [0.15, 0.2) is 28.7 Å². The molecule has 0 amide bonds. The van der Waals surface area contributed by atoms with Crippen molar-refractivity contribution in [2.75, 3.05) is 13.2 Å². The van der Waals surface area contributed by atoms with Crippen LogP contribution in [0.3, 0.4) is 0 Å². The van der Waals surface area contributed by atoms with Crippen molar-refractivity contribution in [3.63, 3.8) is 0 Å². The lowest BCUT2D eigenvalue weighted by Crippen LogP contribution is -2.24. The van der Waals surface area contributed by atoms with Crippen molar-refractivity contribution in [3.8, 4) is 0 Å². The largest absolute Gasteiger partial charge is 0.474 e. The summed E-state index contributed by atoms with van der Waals surface area (Å²) in [6.07, 6.45) is 6.08. The van der Waals surface area contributed by atoms with Gasteiger partial charge in [0.2, 0.25) is 5.88 Å². The van der Waals surface area contributed by atoms with E-state index in [1.807, 2.05) is 12.3 Å². The van der Waals surface area contributed by atoms with E-state index in [1.54, 1.807) is 0 Å². The lowest BCUT2D eigenvalue weighted by atomic mass is 9.95. The fourth-order valence-electron chi connectivity index (χ4n) is 1.29. The Morgan fingerprint density at radius 1 is 1.54 bits per heavy atom. The van der Waals surface area contributed by atoms with Crippen molar-refractivity contribution in [3.05, 3.63) is 23.7 Å². The standard InChI is InChI=1S/C10H14N2O/c1-10(2)4-3-8-9(12-7-10)13-6-5-11-8/h3-4,7,11H,5-6H2,1-2H3. The highest BCUT2D eigenvalue weighted by Gasteiger charge is 2.17. The normalized spacial score (nSPS) is 24.5. The van der Waals surface area contributed by atoms with Crippen LogP contribution in [0.2, 0.25) is 0 Å². The molecule has 13 heavy (non-hydrogen) atoms. The molecule has 3 heteroatoms. The molecule has 3 nitrogen and oxygen atoms in total. The summed E-state index contributed by atoms with van der Waals surface area (Å²) < 4.78 is 5.42. The van der Waals surface area contributed by atoms with Crippen LogP contribution in [0.1, 0.15) is 13.8 Å². The van der Waals surface area contributed by atoms with Gasteiger partial charge in [-0.25, -0.2) is 4.99 Å². The van der Waals surface area contributed by atoms with Crippen LogP contribution in [-0.4, -0.2) is 19.4 Å². The molecular weight excluding hydrogens is 164 g/mol. The molecule has 2 aliphatic rings. The Morgan fingerprint density at radius 3 is 3.23 bits per heavy atom. The van der Waals surface area contributed by atoms with Gasteiger partial charge in [0, 0.05) is 18.2 Å². The maximum Gasteiger partial charge on any atom is 0.237 e. The summed E-state index contributed by atoms with van der Waals surface area (Å²) in [5.74, 6) is 0.716. The lowest BCUT2D eigenvalue weighted by molar-refractivity contribution is 0.192. The molecule has 1 N–H and O–H groups in total. The Morgan fingerprint density at radius 2 is 2.38 bits per heavy atom. The number of nitrogens with zero attached hydrogens (tertiary/aromatic N) is 1. The molecule has 2 heterocycles. The Balaban J connectivity index is 2.32. The van der Waals surface area contributed by atoms with Crippen molar-refractivity contribution in [1.82, 2.24) is 5.32 Å². The van der Waals surface area contributed by atoms with Crippen LogP contribution >= 0.6 is 0 Å². The van der Waals surface area contributed by atoms with Crippen LogP contribution in [0.4, 0.5) is 0 Å². The Bertz CT molecular complexity index is 272. The SMILES string of the molecule is CC1(C)C=CC2=C(N=C1)OCCN2. The summed E-state index contributed by atoms with van der Waals surface area (Å²) in [6.45, 7) is 5.79. The minimum Gasteiger partial charge on any atom is -0.474 e. The third-order valence-electron chi connectivity index (χ3n) is 2.08. The van der Waals surface area contributed by atoms with Crippen molar-refractivity contribution in [2.24, 2.45) is 10.4 Å². The first-order chi connectivity index (χ1) is 6.17. The minimum atomic E-state index is 0.0162. The van der Waals surface area contributed by atoms with Crippen molar-refractivity contribution >= 4 is 6.21 Å². The van der Waals surface area contributed by atoms with E-state index in [2.05, 4.69) is 30.2 Å². The van der Waals surface area contributed by atoms with Crippen molar-refractivity contribution < 1.29 is 4.74 Å². The van der Waals surface area contributed by atoms with Gasteiger partial charge in [-0.15, -0.1) is 0 Å². The van der Waals surface area contributed by atoms with Gasteiger partial charge < -0.3 is 10.1 Å². The molecule has 0 aliphatic carbocycles. The third-order valence-corrected chi connectivity index (χ3v) is 2.08.